The van der Waals surface area contributed by atoms with Gasteiger partial charge in [0.1, 0.15) is 0 Å². The fraction of sp³-hybridized carbons (Fsp3) is 0.500. The molecule has 1 aromatic carbocycles. The molecule has 4 nitrogen and oxygen atoms in total. The molecular formula is C14H21N3O. The van der Waals surface area contributed by atoms with E-state index in [0.29, 0.717) is 6.54 Å². The van der Waals surface area contributed by atoms with Gasteiger partial charge in [0.05, 0.1) is 0 Å². The molecule has 0 saturated carbocycles. The van der Waals surface area contributed by atoms with E-state index in [-0.39, 0.29) is 6.03 Å². The van der Waals surface area contributed by atoms with Gasteiger partial charge in [-0.05, 0) is 43.4 Å². The molecule has 1 saturated heterocycles. The monoisotopic (exact) mass is 247 g/mol. The van der Waals surface area contributed by atoms with Crippen LogP contribution < -0.4 is 11.1 Å². The Hall–Kier alpha value is -1.71. The molecule has 1 aromatic rings. The van der Waals surface area contributed by atoms with Crippen LogP contribution in [0.25, 0.3) is 0 Å². The molecule has 18 heavy (non-hydrogen) atoms. The van der Waals surface area contributed by atoms with E-state index in [4.69, 9.17) is 5.73 Å². The van der Waals surface area contributed by atoms with Crippen LogP contribution in [0.3, 0.4) is 0 Å². The fourth-order valence-electron chi connectivity index (χ4n) is 2.21. The number of nitrogens with one attached hydrogen (secondary N) is 1. The van der Waals surface area contributed by atoms with Crippen LogP contribution in [0.1, 0.15) is 24.8 Å². The normalized spacial score (nSPS) is 15.4. The van der Waals surface area contributed by atoms with Gasteiger partial charge in [0.25, 0.3) is 0 Å². The van der Waals surface area contributed by atoms with Gasteiger partial charge in [-0.25, -0.2) is 4.79 Å². The maximum absolute atomic E-state index is 11.8. The van der Waals surface area contributed by atoms with Gasteiger partial charge in [-0.3, -0.25) is 0 Å². The second kappa shape index (κ2) is 6.28. The zero-order valence-corrected chi connectivity index (χ0v) is 10.7. The summed E-state index contributed by atoms with van der Waals surface area (Å²) in [5, 5.41) is 2.97. The van der Waals surface area contributed by atoms with Gasteiger partial charge in [-0.2, -0.15) is 0 Å². The van der Waals surface area contributed by atoms with Crippen LogP contribution in [0.4, 0.5) is 10.5 Å². The van der Waals surface area contributed by atoms with E-state index >= 15 is 0 Å². The molecule has 0 unspecified atom stereocenters. The number of hydrogen-bond donors (Lipinski definition) is 2. The number of hydrogen-bond acceptors (Lipinski definition) is 2. The summed E-state index contributed by atoms with van der Waals surface area (Å²) in [6.45, 7) is 2.47. The predicted octanol–water partition coefficient (Wildman–Crippen LogP) is 2.01. The molecule has 2 amide bonds. The van der Waals surface area contributed by atoms with Crippen molar-refractivity contribution in [1.29, 1.82) is 0 Å². The van der Waals surface area contributed by atoms with Crippen molar-refractivity contribution >= 4 is 11.7 Å². The van der Waals surface area contributed by atoms with Gasteiger partial charge >= 0.3 is 6.03 Å². The number of benzene rings is 1. The summed E-state index contributed by atoms with van der Waals surface area (Å²) >= 11 is 0. The maximum Gasteiger partial charge on any atom is 0.317 e. The topological polar surface area (TPSA) is 58.4 Å². The first-order valence-electron chi connectivity index (χ1n) is 6.63. The van der Waals surface area contributed by atoms with Crippen molar-refractivity contribution in [3.05, 3.63) is 29.8 Å². The summed E-state index contributed by atoms with van der Waals surface area (Å²) < 4.78 is 0. The number of nitrogens with zero attached hydrogens (tertiary/aromatic N) is 1. The lowest BCUT2D eigenvalue weighted by atomic mass is 10.1. The fourth-order valence-corrected chi connectivity index (χ4v) is 2.21. The number of carbonyl (C=O) groups excluding carboxylic acids is 1. The zero-order chi connectivity index (χ0) is 12.8. The summed E-state index contributed by atoms with van der Waals surface area (Å²) in [7, 11) is 0. The molecule has 4 heteroatoms. The van der Waals surface area contributed by atoms with Gasteiger partial charge in [0.15, 0.2) is 0 Å². The van der Waals surface area contributed by atoms with Crippen molar-refractivity contribution in [2.45, 2.75) is 25.7 Å². The van der Waals surface area contributed by atoms with Crippen LogP contribution in [-0.2, 0) is 6.42 Å². The largest absolute Gasteiger partial charge is 0.399 e. The Morgan fingerprint density at radius 3 is 2.50 bits per heavy atom. The Labute approximate surface area is 108 Å². The second-order valence-corrected chi connectivity index (χ2v) is 4.77. The summed E-state index contributed by atoms with van der Waals surface area (Å²) in [4.78, 5) is 13.7. The molecule has 1 aliphatic rings. The van der Waals surface area contributed by atoms with E-state index < -0.39 is 0 Å². The van der Waals surface area contributed by atoms with E-state index in [0.717, 1.165) is 38.0 Å². The summed E-state index contributed by atoms with van der Waals surface area (Å²) in [5.74, 6) is 0. The molecule has 3 N–H and O–H groups in total. The first kappa shape index (κ1) is 12.7. The van der Waals surface area contributed by atoms with Gasteiger partial charge in [-0.1, -0.05) is 12.1 Å². The molecule has 1 aliphatic heterocycles. The molecule has 1 fully saturated rings. The van der Waals surface area contributed by atoms with Crippen molar-refractivity contribution in [2.75, 3.05) is 25.4 Å². The minimum absolute atomic E-state index is 0.0742. The number of amides is 2. The third kappa shape index (κ3) is 3.65. The lowest BCUT2D eigenvalue weighted by molar-refractivity contribution is 0.186. The highest BCUT2D eigenvalue weighted by atomic mass is 16.2. The molecule has 0 aliphatic carbocycles. The van der Waals surface area contributed by atoms with Crippen LogP contribution in [0.5, 0.6) is 0 Å². The third-order valence-electron chi connectivity index (χ3n) is 3.31. The van der Waals surface area contributed by atoms with Crippen molar-refractivity contribution < 1.29 is 4.79 Å². The Morgan fingerprint density at radius 2 is 1.83 bits per heavy atom. The number of rotatable bonds is 3. The summed E-state index contributed by atoms with van der Waals surface area (Å²) in [6.07, 6.45) is 4.35. The Balaban J connectivity index is 1.71. The quantitative estimate of drug-likeness (QED) is 0.803. The Morgan fingerprint density at radius 1 is 1.17 bits per heavy atom. The number of urea groups is 1. The Bertz CT molecular complexity index is 383. The average molecular weight is 247 g/mol. The first-order chi connectivity index (χ1) is 8.75. The van der Waals surface area contributed by atoms with E-state index in [1.54, 1.807) is 0 Å². The standard InChI is InChI=1S/C14H21N3O/c15-13-6-4-12(5-7-13)8-9-16-14(18)17-10-2-1-3-11-17/h4-7H,1-3,8-11,15H2,(H,16,18). The second-order valence-electron chi connectivity index (χ2n) is 4.77. The van der Waals surface area contributed by atoms with Crippen molar-refractivity contribution in [2.24, 2.45) is 0 Å². The van der Waals surface area contributed by atoms with Crippen molar-refractivity contribution in [3.8, 4) is 0 Å². The maximum atomic E-state index is 11.8. The number of carbonyl (C=O) groups is 1. The van der Waals surface area contributed by atoms with E-state index in [2.05, 4.69) is 5.32 Å². The summed E-state index contributed by atoms with van der Waals surface area (Å²) in [5.41, 5.74) is 7.60. The lowest BCUT2D eigenvalue weighted by Crippen LogP contribution is -2.43. The molecule has 2 rings (SSSR count). The molecule has 0 aromatic heterocycles. The minimum atomic E-state index is 0.0742. The van der Waals surface area contributed by atoms with E-state index in [1.807, 2.05) is 29.2 Å². The smallest absolute Gasteiger partial charge is 0.317 e. The number of likely N-dealkylation sites (tertiary alicyclic amines) is 1. The minimum Gasteiger partial charge on any atom is -0.399 e. The zero-order valence-electron chi connectivity index (χ0n) is 10.7. The van der Waals surface area contributed by atoms with Gasteiger partial charge in [0, 0.05) is 25.3 Å². The molecule has 0 bridgehead atoms. The van der Waals surface area contributed by atoms with Gasteiger partial charge in [0.2, 0.25) is 0 Å². The highest BCUT2D eigenvalue weighted by Crippen LogP contribution is 2.09. The number of nitrogens with two attached hydrogens (primary N) is 1. The van der Waals surface area contributed by atoms with Crippen LogP contribution in [-0.4, -0.2) is 30.6 Å². The highest BCUT2D eigenvalue weighted by Gasteiger charge is 2.15. The number of nitrogen functional groups attached to an aromatic ring is 1. The molecule has 98 valence electrons. The Kier molecular flexibility index (Phi) is 4.45. The summed E-state index contributed by atoms with van der Waals surface area (Å²) in [6, 6.07) is 7.86. The first-order valence-corrected chi connectivity index (χ1v) is 6.63. The van der Waals surface area contributed by atoms with E-state index in [9.17, 15) is 4.79 Å². The average Bonchev–Trinajstić information content (AvgIpc) is 2.42. The van der Waals surface area contributed by atoms with E-state index in [1.165, 1.54) is 12.0 Å². The molecule has 0 spiro atoms. The third-order valence-corrected chi connectivity index (χ3v) is 3.31. The number of anilines is 1. The van der Waals surface area contributed by atoms with Gasteiger partial charge in [-0.15, -0.1) is 0 Å². The SMILES string of the molecule is Nc1ccc(CCNC(=O)N2CCCCC2)cc1. The lowest BCUT2D eigenvalue weighted by Gasteiger charge is -2.26. The van der Waals surface area contributed by atoms with Crippen molar-refractivity contribution in [3.63, 3.8) is 0 Å². The molecular weight excluding hydrogens is 226 g/mol. The molecule has 0 radical (unpaired) electrons. The van der Waals surface area contributed by atoms with Crippen LogP contribution >= 0.6 is 0 Å². The van der Waals surface area contributed by atoms with Gasteiger partial charge < -0.3 is 16.0 Å². The molecule has 0 atom stereocenters. The highest BCUT2D eigenvalue weighted by molar-refractivity contribution is 5.74. The van der Waals surface area contributed by atoms with Crippen LogP contribution in [0.15, 0.2) is 24.3 Å². The number of piperidine rings is 1. The van der Waals surface area contributed by atoms with Crippen LogP contribution in [0, 0.1) is 0 Å². The van der Waals surface area contributed by atoms with Crippen molar-refractivity contribution in [1.82, 2.24) is 10.2 Å². The molecule has 1 heterocycles. The van der Waals surface area contributed by atoms with Crippen LogP contribution in [0.2, 0.25) is 0 Å². The predicted molar refractivity (Wildman–Crippen MR) is 73.4 cm³/mol.